The van der Waals surface area contributed by atoms with E-state index in [1.165, 1.54) is 0 Å². The number of aromatic nitrogens is 1. The molecule has 20 heavy (non-hydrogen) atoms. The third-order valence-corrected chi connectivity index (χ3v) is 3.55. The summed E-state index contributed by atoms with van der Waals surface area (Å²) in [5, 5.41) is 12.0. The number of benzene rings is 1. The molecule has 106 valence electrons. The number of nitrogens with one attached hydrogen (secondary N) is 1. The summed E-state index contributed by atoms with van der Waals surface area (Å²) in [4.78, 5) is 14.2. The van der Waals surface area contributed by atoms with Gasteiger partial charge in [0, 0.05) is 16.8 Å². The lowest BCUT2D eigenvalue weighted by atomic mass is 9.87. The van der Waals surface area contributed by atoms with Gasteiger partial charge in [-0.1, -0.05) is 38.4 Å². The first-order chi connectivity index (χ1) is 9.21. The van der Waals surface area contributed by atoms with Crippen molar-refractivity contribution in [2.45, 2.75) is 33.1 Å². The molecule has 2 aromatic rings. The Morgan fingerprint density at radius 1 is 1.30 bits per heavy atom. The van der Waals surface area contributed by atoms with Crippen molar-refractivity contribution >= 4 is 17.3 Å². The van der Waals surface area contributed by atoms with Gasteiger partial charge in [-0.15, -0.1) is 0 Å². The van der Waals surface area contributed by atoms with E-state index in [1.54, 1.807) is 18.3 Å². The number of halogens is 1. The highest BCUT2D eigenvalue weighted by Gasteiger charge is 2.31. The Morgan fingerprint density at radius 3 is 2.50 bits per heavy atom. The van der Waals surface area contributed by atoms with Gasteiger partial charge >= 0.3 is 0 Å². The second kappa shape index (κ2) is 4.94. The fraction of sp³-hybridized carbons (Fsp3) is 0.333. The monoisotopic (exact) mass is 292 g/mol. The molecule has 1 aromatic carbocycles. The molecule has 1 N–H and O–H groups in total. The normalized spacial score (nSPS) is 11.7. The minimum atomic E-state index is -0.327. The fourth-order valence-electron chi connectivity index (χ4n) is 2.25. The van der Waals surface area contributed by atoms with E-state index < -0.39 is 0 Å². The van der Waals surface area contributed by atoms with Crippen LogP contribution in [0.2, 0.25) is 5.02 Å². The van der Waals surface area contributed by atoms with Crippen molar-refractivity contribution in [3.63, 3.8) is 0 Å². The molecular weight excluding hydrogens is 276 g/mol. The van der Waals surface area contributed by atoms with Crippen molar-refractivity contribution < 1.29 is 4.92 Å². The summed E-state index contributed by atoms with van der Waals surface area (Å²) >= 11 is 6.01. The minimum absolute atomic E-state index is 0.128. The van der Waals surface area contributed by atoms with Gasteiger partial charge in [0.2, 0.25) is 0 Å². The number of aromatic amines is 1. The summed E-state index contributed by atoms with van der Waals surface area (Å²) in [5.74, 6) is 0. The number of nitro groups is 1. The molecule has 5 heteroatoms. The van der Waals surface area contributed by atoms with E-state index in [4.69, 9.17) is 11.6 Å². The molecule has 0 radical (unpaired) electrons. The van der Waals surface area contributed by atoms with Crippen molar-refractivity contribution in [1.82, 2.24) is 4.98 Å². The molecule has 0 spiro atoms. The average Bonchev–Trinajstić information content (AvgIpc) is 2.76. The van der Waals surface area contributed by atoms with Crippen molar-refractivity contribution in [2.24, 2.45) is 0 Å². The van der Waals surface area contributed by atoms with Crippen LogP contribution in [-0.4, -0.2) is 9.91 Å². The molecule has 0 atom stereocenters. The summed E-state index contributed by atoms with van der Waals surface area (Å²) in [6.07, 6.45) is 1.72. The van der Waals surface area contributed by atoms with Crippen LogP contribution in [0.4, 0.5) is 5.69 Å². The molecule has 1 aromatic heterocycles. The maximum absolute atomic E-state index is 11.5. The van der Waals surface area contributed by atoms with E-state index in [9.17, 15) is 10.1 Å². The van der Waals surface area contributed by atoms with Gasteiger partial charge in [-0.05, 0) is 30.0 Å². The zero-order chi connectivity index (χ0) is 15.1. The quantitative estimate of drug-likeness (QED) is 0.635. The van der Waals surface area contributed by atoms with Crippen LogP contribution in [0.1, 0.15) is 31.9 Å². The Bertz CT molecular complexity index is 669. The Morgan fingerprint density at radius 2 is 1.95 bits per heavy atom. The lowest BCUT2D eigenvalue weighted by Gasteiger charge is -2.15. The number of hydrogen-bond donors (Lipinski definition) is 1. The molecule has 0 aliphatic rings. The first-order valence-electron chi connectivity index (χ1n) is 6.34. The molecule has 0 aliphatic heterocycles. The van der Waals surface area contributed by atoms with Gasteiger partial charge in [0.25, 0.3) is 5.69 Å². The van der Waals surface area contributed by atoms with E-state index in [1.807, 2.05) is 33.8 Å². The van der Waals surface area contributed by atoms with Crippen LogP contribution >= 0.6 is 11.6 Å². The van der Waals surface area contributed by atoms with Crippen LogP contribution in [0.3, 0.4) is 0 Å². The van der Waals surface area contributed by atoms with E-state index in [2.05, 4.69) is 4.98 Å². The van der Waals surface area contributed by atoms with Gasteiger partial charge in [0.15, 0.2) is 0 Å². The second-order valence-electron chi connectivity index (χ2n) is 5.89. The number of hydrogen-bond acceptors (Lipinski definition) is 2. The van der Waals surface area contributed by atoms with Gasteiger partial charge in [-0.3, -0.25) is 10.1 Å². The summed E-state index contributed by atoms with van der Waals surface area (Å²) in [5.41, 5.74) is 2.74. The molecule has 0 bridgehead atoms. The molecule has 0 saturated carbocycles. The number of H-pyrrole nitrogens is 1. The molecule has 0 amide bonds. The third-order valence-electron chi connectivity index (χ3n) is 3.31. The zero-order valence-electron chi connectivity index (χ0n) is 12.0. The highest BCUT2D eigenvalue weighted by molar-refractivity contribution is 6.30. The number of rotatable bonds is 2. The topological polar surface area (TPSA) is 58.9 Å². The maximum Gasteiger partial charge on any atom is 0.298 e. The summed E-state index contributed by atoms with van der Waals surface area (Å²) in [6, 6.07) is 5.39. The van der Waals surface area contributed by atoms with E-state index in [0.29, 0.717) is 16.3 Å². The van der Waals surface area contributed by atoms with Crippen LogP contribution in [0.25, 0.3) is 11.3 Å². The molecule has 0 saturated heterocycles. The predicted octanol–water partition coefficient (Wildman–Crippen LogP) is 4.85. The maximum atomic E-state index is 11.5. The molecule has 0 fully saturated rings. The Balaban J connectivity index is 2.73. The second-order valence-corrected chi connectivity index (χ2v) is 6.33. The van der Waals surface area contributed by atoms with Gasteiger partial charge in [0.1, 0.15) is 5.69 Å². The smallest absolute Gasteiger partial charge is 0.298 e. The Labute approximate surface area is 122 Å². The van der Waals surface area contributed by atoms with Gasteiger partial charge < -0.3 is 4.98 Å². The summed E-state index contributed by atoms with van der Waals surface area (Å²) in [7, 11) is 0. The van der Waals surface area contributed by atoms with Crippen LogP contribution in [0.5, 0.6) is 0 Å². The van der Waals surface area contributed by atoms with E-state index in [-0.39, 0.29) is 16.0 Å². The molecule has 0 aliphatic carbocycles. The van der Waals surface area contributed by atoms with Crippen LogP contribution in [0.15, 0.2) is 24.4 Å². The SMILES string of the molecule is Cc1ccc(Cl)cc1-c1[nH]cc(C(C)(C)C)c1[N+](=O)[O-]. The van der Waals surface area contributed by atoms with Gasteiger partial charge in [-0.25, -0.2) is 0 Å². The van der Waals surface area contributed by atoms with Crippen LogP contribution in [0, 0.1) is 17.0 Å². The lowest BCUT2D eigenvalue weighted by molar-refractivity contribution is -0.385. The largest absolute Gasteiger partial charge is 0.355 e. The van der Waals surface area contributed by atoms with E-state index >= 15 is 0 Å². The van der Waals surface area contributed by atoms with Crippen molar-refractivity contribution in [3.8, 4) is 11.3 Å². The highest BCUT2D eigenvalue weighted by Crippen LogP contribution is 2.40. The lowest BCUT2D eigenvalue weighted by Crippen LogP contribution is -2.12. The van der Waals surface area contributed by atoms with Crippen LogP contribution < -0.4 is 0 Å². The first-order valence-corrected chi connectivity index (χ1v) is 6.72. The van der Waals surface area contributed by atoms with Crippen molar-refractivity contribution in [1.29, 1.82) is 0 Å². The molecule has 1 heterocycles. The summed E-state index contributed by atoms with van der Waals surface area (Å²) < 4.78 is 0. The summed E-state index contributed by atoms with van der Waals surface area (Å²) in [6.45, 7) is 7.78. The van der Waals surface area contributed by atoms with Crippen molar-refractivity contribution in [2.75, 3.05) is 0 Å². The van der Waals surface area contributed by atoms with E-state index in [0.717, 1.165) is 11.1 Å². The first kappa shape index (κ1) is 14.6. The average molecular weight is 293 g/mol. The predicted molar refractivity (Wildman–Crippen MR) is 81.3 cm³/mol. The Kier molecular flexibility index (Phi) is 3.61. The van der Waals surface area contributed by atoms with Gasteiger partial charge in [-0.2, -0.15) is 0 Å². The number of aryl methyl sites for hydroxylation is 1. The molecule has 0 unspecified atom stereocenters. The number of nitrogens with zero attached hydrogens (tertiary/aromatic N) is 1. The molecule has 4 nitrogen and oxygen atoms in total. The molecule has 2 rings (SSSR count). The third kappa shape index (κ3) is 2.56. The Hall–Kier alpha value is -1.81. The highest BCUT2D eigenvalue weighted by atomic mass is 35.5. The minimum Gasteiger partial charge on any atom is -0.355 e. The zero-order valence-corrected chi connectivity index (χ0v) is 12.7. The van der Waals surface area contributed by atoms with Gasteiger partial charge in [0.05, 0.1) is 10.5 Å². The standard InChI is InChI=1S/C15H17ClN2O2/c1-9-5-6-10(16)7-11(9)13-14(18(19)20)12(8-17-13)15(2,3)4/h5-8,17H,1-4H3. The fourth-order valence-corrected chi connectivity index (χ4v) is 2.42. The molecular formula is C15H17ClN2O2. The van der Waals surface area contributed by atoms with Crippen LogP contribution in [-0.2, 0) is 5.41 Å². The van der Waals surface area contributed by atoms with Crippen molar-refractivity contribution in [3.05, 3.63) is 50.7 Å².